The number of methoxy groups -OCH3 is 1. The van der Waals surface area contributed by atoms with E-state index in [9.17, 15) is 9.18 Å². The maximum atomic E-state index is 14.0. The fraction of sp³-hybridized carbons (Fsp3) is 0.533. The van der Waals surface area contributed by atoms with Crippen LogP contribution < -0.4 is 10.5 Å². The Bertz CT molecular complexity index is 493. The molecule has 1 aliphatic rings. The molecule has 2 unspecified atom stereocenters. The molecule has 20 heavy (non-hydrogen) atoms. The zero-order valence-corrected chi connectivity index (χ0v) is 11.9. The summed E-state index contributed by atoms with van der Waals surface area (Å²) in [6.45, 7) is 0.563. The van der Waals surface area contributed by atoms with Crippen molar-refractivity contribution < 1.29 is 13.9 Å². The molecule has 1 aromatic rings. The van der Waals surface area contributed by atoms with Crippen molar-refractivity contribution in [1.29, 1.82) is 0 Å². The second kappa shape index (κ2) is 6.22. The average Bonchev–Trinajstić information content (AvgIpc) is 2.94. The first-order chi connectivity index (χ1) is 9.58. The van der Waals surface area contributed by atoms with Crippen molar-refractivity contribution in [1.82, 2.24) is 4.90 Å². The van der Waals surface area contributed by atoms with Crippen LogP contribution in [0.4, 0.5) is 4.39 Å². The summed E-state index contributed by atoms with van der Waals surface area (Å²) in [5.74, 6) is -0.133. The summed E-state index contributed by atoms with van der Waals surface area (Å²) in [6.07, 6.45) is 3.03. The molecule has 0 radical (unpaired) electrons. The fourth-order valence-electron chi connectivity index (χ4n) is 2.94. The third kappa shape index (κ3) is 2.77. The minimum absolute atomic E-state index is 0.0796. The molecule has 110 valence electrons. The summed E-state index contributed by atoms with van der Waals surface area (Å²) in [6, 6.07) is 4.41. The second-order valence-electron chi connectivity index (χ2n) is 5.26. The Morgan fingerprint density at radius 2 is 2.25 bits per heavy atom. The highest BCUT2D eigenvalue weighted by Crippen LogP contribution is 2.30. The van der Waals surface area contributed by atoms with Gasteiger partial charge < -0.3 is 15.4 Å². The van der Waals surface area contributed by atoms with Gasteiger partial charge in [0, 0.05) is 19.2 Å². The lowest BCUT2D eigenvalue weighted by Gasteiger charge is -2.29. The first-order valence-corrected chi connectivity index (χ1v) is 6.89. The van der Waals surface area contributed by atoms with Gasteiger partial charge in [-0.2, -0.15) is 0 Å². The van der Waals surface area contributed by atoms with Gasteiger partial charge in [-0.15, -0.1) is 0 Å². The topological polar surface area (TPSA) is 55.6 Å². The standard InChI is InChI=1S/C15H21FN2O2/c1-18(14-5-3-4-10(14)9-17)15(19)12-7-6-11(20-2)8-13(12)16/h6-8,10,14H,3-5,9,17H2,1-2H3. The number of halogens is 1. The number of hydrogen-bond donors (Lipinski definition) is 1. The van der Waals surface area contributed by atoms with Crippen LogP contribution in [0.3, 0.4) is 0 Å². The Kier molecular flexibility index (Phi) is 4.60. The molecule has 1 fully saturated rings. The van der Waals surface area contributed by atoms with Crippen LogP contribution in [-0.2, 0) is 0 Å². The molecule has 5 heteroatoms. The maximum Gasteiger partial charge on any atom is 0.256 e. The number of amides is 1. The Labute approximate surface area is 118 Å². The first kappa shape index (κ1) is 14.8. The van der Waals surface area contributed by atoms with Gasteiger partial charge >= 0.3 is 0 Å². The Balaban J connectivity index is 2.18. The van der Waals surface area contributed by atoms with E-state index in [1.807, 2.05) is 0 Å². The summed E-state index contributed by atoms with van der Waals surface area (Å²) < 4.78 is 18.9. The van der Waals surface area contributed by atoms with E-state index in [0.29, 0.717) is 18.2 Å². The molecule has 1 saturated carbocycles. The number of hydrogen-bond acceptors (Lipinski definition) is 3. The highest BCUT2D eigenvalue weighted by Gasteiger charge is 2.32. The number of carbonyl (C=O) groups is 1. The summed E-state index contributed by atoms with van der Waals surface area (Å²) in [7, 11) is 3.19. The molecule has 2 rings (SSSR count). The zero-order chi connectivity index (χ0) is 14.7. The van der Waals surface area contributed by atoms with E-state index in [1.165, 1.54) is 19.2 Å². The van der Waals surface area contributed by atoms with E-state index < -0.39 is 5.82 Å². The number of benzene rings is 1. The van der Waals surface area contributed by atoms with Gasteiger partial charge in [-0.05, 0) is 37.4 Å². The van der Waals surface area contributed by atoms with E-state index in [1.54, 1.807) is 18.0 Å². The smallest absolute Gasteiger partial charge is 0.256 e. The molecule has 1 aromatic carbocycles. The van der Waals surface area contributed by atoms with Crippen LogP contribution in [0.25, 0.3) is 0 Å². The minimum Gasteiger partial charge on any atom is -0.497 e. The lowest BCUT2D eigenvalue weighted by atomic mass is 10.0. The molecule has 0 saturated heterocycles. The lowest BCUT2D eigenvalue weighted by molar-refractivity contribution is 0.0695. The predicted molar refractivity (Wildman–Crippen MR) is 75.2 cm³/mol. The van der Waals surface area contributed by atoms with Gasteiger partial charge in [0.2, 0.25) is 0 Å². The Morgan fingerprint density at radius 1 is 1.50 bits per heavy atom. The molecule has 0 heterocycles. The average molecular weight is 280 g/mol. The van der Waals surface area contributed by atoms with E-state index in [4.69, 9.17) is 10.5 Å². The molecule has 0 aliphatic heterocycles. The fourth-order valence-corrected chi connectivity index (χ4v) is 2.94. The molecule has 2 atom stereocenters. The monoisotopic (exact) mass is 280 g/mol. The van der Waals surface area contributed by atoms with Crippen molar-refractivity contribution in [3.63, 3.8) is 0 Å². The van der Waals surface area contributed by atoms with Gasteiger partial charge in [0.05, 0.1) is 12.7 Å². The summed E-state index contributed by atoms with van der Waals surface area (Å²) >= 11 is 0. The minimum atomic E-state index is -0.552. The highest BCUT2D eigenvalue weighted by atomic mass is 19.1. The molecule has 1 aliphatic carbocycles. The van der Waals surface area contributed by atoms with Crippen molar-refractivity contribution in [3.05, 3.63) is 29.6 Å². The van der Waals surface area contributed by atoms with Crippen LogP contribution in [0.5, 0.6) is 5.75 Å². The number of nitrogens with two attached hydrogens (primary N) is 1. The van der Waals surface area contributed by atoms with Crippen LogP contribution in [0.2, 0.25) is 0 Å². The molecule has 2 N–H and O–H groups in total. The third-order valence-corrected chi connectivity index (χ3v) is 4.15. The van der Waals surface area contributed by atoms with Gasteiger partial charge in [0.1, 0.15) is 11.6 Å². The number of rotatable bonds is 4. The SMILES string of the molecule is COc1ccc(C(=O)N(C)C2CCCC2CN)c(F)c1. The third-order valence-electron chi connectivity index (χ3n) is 4.15. The number of ether oxygens (including phenoxy) is 1. The molecular formula is C15H21FN2O2. The maximum absolute atomic E-state index is 14.0. The van der Waals surface area contributed by atoms with Gasteiger partial charge in [-0.25, -0.2) is 4.39 Å². The molecule has 1 amide bonds. The van der Waals surface area contributed by atoms with Gasteiger partial charge in [0.25, 0.3) is 5.91 Å². The lowest BCUT2D eigenvalue weighted by Crippen LogP contribution is -2.41. The quantitative estimate of drug-likeness (QED) is 0.918. The van der Waals surface area contributed by atoms with Gasteiger partial charge in [-0.1, -0.05) is 6.42 Å². The second-order valence-corrected chi connectivity index (χ2v) is 5.26. The highest BCUT2D eigenvalue weighted by molar-refractivity contribution is 5.94. The Hall–Kier alpha value is -1.62. The Morgan fingerprint density at radius 3 is 2.85 bits per heavy atom. The zero-order valence-electron chi connectivity index (χ0n) is 11.9. The molecular weight excluding hydrogens is 259 g/mol. The van der Waals surface area contributed by atoms with Crippen LogP contribution in [0.1, 0.15) is 29.6 Å². The predicted octanol–water partition coefficient (Wildman–Crippen LogP) is 2.03. The normalized spacial score (nSPS) is 21.8. The molecule has 0 spiro atoms. The van der Waals surface area contributed by atoms with Crippen molar-refractivity contribution in [2.75, 3.05) is 20.7 Å². The van der Waals surface area contributed by atoms with E-state index in [2.05, 4.69) is 0 Å². The van der Waals surface area contributed by atoms with E-state index >= 15 is 0 Å². The van der Waals surface area contributed by atoms with Crippen LogP contribution in [-0.4, -0.2) is 37.6 Å². The van der Waals surface area contributed by atoms with Crippen molar-refractivity contribution >= 4 is 5.91 Å². The molecule has 0 bridgehead atoms. The van der Waals surface area contributed by atoms with Gasteiger partial charge in [-0.3, -0.25) is 4.79 Å². The number of nitrogens with zero attached hydrogens (tertiary/aromatic N) is 1. The van der Waals surface area contributed by atoms with Crippen molar-refractivity contribution in [3.8, 4) is 5.75 Å². The molecule has 4 nitrogen and oxygen atoms in total. The van der Waals surface area contributed by atoms with Crippen LogP contribution in [0, 0.1) is 11.7 Å². The van der Waals surface area contributed by atoms with Gasteiger partial charge in [0.15, 0.2) is 0 Å². The summed E-state index contributed by atoms with van der Waals surface area (Å²) in [5.41, 5.74) is 5.82. The molecule has 0 aromatic heterocycles. The van der Waals surface area contributed by atoms with Crippen molar-refractivity contribution in [2.45, 2.75) is 25.3 Å². The summed E-state index contributed by atoms with van der Waals surface area (Å²) in [5, 5.41) is 0. The van der Waals surface area contributed by atoms with Crippen molar-refractivity contribution in [2.24, 2.45) is 11.7 Å². The van der Waals surface area contributed by atoms with Crippen LogP contribution in [0.15, 0.2) is 18.2 Å². The van der Waals surface area contributed by atoms with E-state index in [0.717, 1.165) is 19.3 Å². The summed E-state index contributed by atoms with van der Waals surface area (Å²) in [4.78, 5) is 14.1. The largest absolute Gasteiger partial charge is 0.497 e. The first-order valence-electron chi connectivity index (χ1n) is 6.89. The van der Waals surface area contributed by atoms with Crippen LogP contribution >= 0.6 is 0 Å². The van der Waals surface area contributed by atoms with E-state index in [-0.39, 0.29) is 17.5 Å². The number of carbonyl (C=O) groups excluding carboxylic acids is 1.